The van der Waals surface area contributed by atoms with Crippen molar-refractivity contribution in [3.8, 4) is 22.4 Å². The van der Waals surface area contributed by atoms with Crippen molar-refractivity contribution >= 4 is 6.08 Å². The Morgan fingerprint density at radius 3 is 2.43 bits per heavy atom. The van der Waals surface area contributed by atoms with Gasteiger partial charge in [0.15, 0.2) is 0 Å². The van der Waals surface area contributed by atoms with E-state index in [0.29, 0.717) is 0 Å². The molecule has 0 saturated heterocycles. The number of rotatable bonds is 2. The van der Waals surface area contributed by atoms with E-state index < -0.39 is 0 Å². The summed E-state index contributed by atoms with van der Waals surface area (Å²) in [5.74, 6) is 0. The molecule has 0 bridgehead atoms. The Morgan fingerprint density at radius 1 is 0.913 bits per heavy atom. The van der Waals surface area contributed by atoms with Crippen molar-refractivity contribution in [2.24, 2.45) is 0 Å². The van der Waals surface area contributed by atoms with Crippen LogP contribution < -0.4 is 0 Å². The van der Waals surface area contributed by atoms with Crippen molar-refractivity contribution < 1.29 is 0 Å². The van der Waals surface area contributed by atoms with Crippen LogP contribution in [0.4, 0.5) is 0 Å². The summed E-state index contributed by atoms with van der Waals surface area (Å²) < 4.78 is 0. The second-order valence-electron chi connectivity index (χ2n) is 6.61. The van der Waals surface area contributed by atoms with Gasteiger partial charge in [0.05, 0.1) is 5.69 Å². The highest BCUT2D eigenvalue weighted by molar-refractivity contribution is 5.83. The van der Waals surface area contributed by atoms with Gasteiger partial charge in [0, 0.05) is 17.2 Å². The fourth-order valence-corrected chi connectivity index (χ4v) is 3.56. The number of aromatic nitrogens is 1. The number of fused-ring (bicyclic) bond motifs is 3. The molecule has 0 unspecified atom stereocenters. The van der Waals surface area contributed by atoms with Crippen LogP contribution in [0, 0.1) is 0 Å². The first-order valence-corrected chi connectivity index (χ1v) is 7.94. The van der Waals surface area contributed by atoms with E-state index in [1.54, 1.807) is 0 Å². The molecular weight excluding hydrogens is 278 g/mol. The standard InChI is InChI=1S/C22H19N/c1-4-15-9-12-21(23-14-15)16-10-11-18-17-7-5-6-8-19(17)22(2,3)20(18)13-16/h4-14H,1H2,2-3H3. The van der Waals surface area contributed by atoms with Crippen LogP contribution in [0.25, 0.3) is 28.5 Å². The number of hydrogen-bond acceptors (Lipinski definition) is 1. The number of hydrogen-bond donors (Lipinski definition) is 0. The monoisotopic (exact) mass is 297 g/mol. The van der Waals surface area contributed by atoms with Crippen molar-refractivity contribution in [2.45, 2.75) is 19.3 Å². The van der Waals surface area contributed by atoms with Gasteiger partial charge in [0.1, 0.15) is 0 Å². The lowest BCUT2D eigenvalue weighted by atomic mass is 9.82. The Bertz CT molecular complexity index is 902. The van der Waals surface area contributed by atoms with Gasteiger partial charge in [-0.05, 0) is 39.9 Å². The molecule has 1 aliphatic rings. The van der Waals surface area contributed by atoms with E-state index in [0.717, 1.165) is 11.3 Å². The molecule has 23 heavy (non-hydrogen) atoms. The molecule has 0 radical (unpaired) electrons. The van der Waals surface area contributed by atoms with Crippen LogP contribution in [0.2, 0.25) is 0 Å². The lowest BCUT2D eigenvalue weighted by Crippen LogP contribution is -2.14. The van der Waals surface area contributed by atoms with E-state index in [1.807, 2.05) is 12.3 Å². The third-order valence-corrected chi connectivity index (χ3v) is 4.90. The minimum atomic E-state index is 0.0307. The van der Waals surface area contributed by atoms with Gasteiger partial charge in [-0.1, -0.05) is 69.0 Å². The molecule has 1 heterocycles. The fraction of sp³-hybridized carbons (Fsp3) is 0.136. The summed E-state index contributed by atoms with van der Waals surface area (Å²) in [6.07, 6.45) is 3.69. The van der Waals surface area contributed by atoms with Crippen LogP contribution in [-0.2, 0) is 5.41 Å². The summed E-state index contributed by atoms with van der Waals surface area (Å²) in [5.41, 5.74) is 8.73. The first kappa shape index (κ1) is 14.0. The predicted octanol–water partition coefficient (Wildman–Crippen LogP) is 5.70. The summed E-state index contributed by atoms with van der Waals surface area (Å²) in [4.78, 5) is 4.57. The average molecular weight is 297 g/mol. The van der Waals surface area contributed by atoms with Crippen LogP contribution in [0.3, 0.4) is 0 Å². The quantitative estimate of drug-likeness (QED) is 0.591. The Morgan fingerprint density at radius 2 is 1.70 bits per heavy atom. The summed E-state index contributed by atoms with van der Waals surface area (Å²) in [6.45, 7) is 8.39. The van der Waals surface area contributed by atoms with Crippen LogP contribution in [0.1, 0.15) is 30.5 Å². The Kier molecular flexibility index (Phi) is 2.99. The maximum absolute atomic E-state index is 4.57. The molecule has 1 aromatic heterocycles. The molecule has 0 saturated carbocycles. The van der Waals surface area contributed by atoms with Gasteiger partial charge in [-0.3, -0.25) is 4.98 Å². The molecule has 0 fully saturated rings. The van der Waals surface area contributed by atoms with Gasteiger partial charge >= 0.3 is 0 Å². The van der Waals surface area contributed by atoms with Crippen LogP contribution in [0.5, 0.6) is 0 Å². The first-order chi connectivity index (χ1) is 11.1. The summed E-state index contributed by atoms with van der Waals surface area (Å²) in [5, 5.41) is 0. The zero-order valence-corrected chi connectivity index (χ0v) is 13.5. The maximum Gasteiger partial charge on any atom is 0.0702 e. The molecule has 1 heteroatoms. The van der Waals surface area contributed by atoms with Gasteiger partial charge in [0.25, 0.3) is 0 Å². The minimum Gasteiger partial charge on any atom is -0.256 e. The van der Waals surface area contributed by atoms with Crippen molar-refractivity contribution in [1.29, 1.82) is 0 Å². The van der Waals surface area contributed by atoms with Gasteiger partial charge < -0.3 is 0 Å². The molecule has 0 amide bonds. The second-order valence-corrected chi connectivity index (χ2v) is 6.61. The molecule has 0 N–H and O–H groups in total. The lowest BCUT2D eigenvalue weighted by Gasteiger charge is -2.21. The van der Waals surface area contributed by atoms with Crippen molar-refractivity contribution in [2.75, 3.05) is 0 Å². The van der Waals surface area contributed by atoms with E-state index in [2.05, 4.69) is 80.0 Å². The fourth-order valence-electron chi connectivity index (χ4n) is 3.56. The second kappa shape index (κ2) is 4.92. The van der Waals surface area contributed by atoms with E-state index in [9.17, 15) is 0 Å². The lowest BCUT2D eigenvalue weighted by molar-refractivity contribution is 0.660. The van der Waals surface area contributed by atoms with E-state index in [1.165, 1.54) is 27.8 Å². The number of nitrogens with zero attached hydrogens (tertiary/aromatic N) is 1. The molecule has 3 aromatic rings. The Balaban J connectivity index is 1.86. The number of pyridine rings is 1. The van der Waals surface area contributed by atoms with Gasteiger partial charge in [-0.15, -0.1) is 0 Å². The maximum atomic E-state index is 4.57. The minimum absolute atomic E-state index is 0.0307. The highest BCUT2D eigenvalue weighted by Gasteiger charge is 2.35. The van der Waals surface area contributed by atoms with Crippen LogP contribution in [0.15, 0.2) is 67.4 Å². The first-order valence-electron chi connectivity index (χ1n) is 7.94. The van der Waals surface area contributed by atoms with Gasteiger partial charge in [-0.25, -0.2) is 0 Å². The van der Waals surface area contributed by atoms with Crippen molar-refractivity contribution in [1.82, 2.24) is 4.98 Å². The topological polar surface area (TPSA) is 12.9 Å². The molecule has 1 aliphatic carbocycles. The third-order valence-electron chi connectivity index (χ3n) is 4.90. The van der Waals surface area contributed by atoms with Crippen LogP contribution >= 0.6 is 0 Å². The molecule has 112 valence electrons. The van der Waals surface area contributed by atoms with E-state index in [-0.39, 0.29) is 5.41 Å². The zero-order chi connectivity index (χ0) is 16.0. The normalized spacial score (nSPS) is 14.2. The molecular formula is C22H19N. The smallest absolute Gasteiger partial charge is 0.0702 e. The molecule has 0 aliphatic heterocycles. The SMILES string of the molecule is C=Cc1ccc(-c2ccc3c(c2)C(C)(C)c2ccccc2-3)nc1. The molecule has 1 nitrogen and oxygen atoms in total. The van der Waals surface area contributed by atoms with E-state index >= 15 is 0 Å². The van der Waals surface area contributed by atoms with Crippen LogP contribution in [-0.4, -0.2) is 4.98 Å². The molecule has 4 rings (SSSR count). The Hall–Kier alpha value is -2.67. The van der Waals surface area contributed by atoms with Gasteiger partial charge in [-0.2, -0.15) is 0 Å². The molecule has 0 atom stereocenters. The third kappa shape index (κ3) is 2.04. The molecule has 2 aromatic carbocycles. The summed E-state index contributed by atoms with van der Waals surface area (Å²) in [7, 11) is 0. The van der Waals surface area contributed by atoms with Crippen molar-refractivity contribution in [3.63, 3.8) is 0 Å². The Labute approximate surface area is 137 Å². The number of benzene rings is 2. The highest BCUT2D eigenvalue weighted by Crippen LogP contribution is 2.49. The largest absolute Gasteiger partial charge is 0.256 e. The van der Waals surface area contributed by atoms with E-state index in [4.69, 9.17) is 0 Å². The van der Waals surface area contributed by atoms with Crippen molar-refractivity contribution in [3.05, 3.63) is 84.1 Å². The summed E-state index contributed by atoms with van der Waals surface area (Å²) >= 11 is 0. The average Bonchev–Trinajstić information content (AvgIpc) is 2.83. The zero-order valence-electron chi connectivity index (χ0n) is 13.5. The highest BCUT2D eigenvalue weighted by atomic mass is 14.7. The predicted molar refractivity (Wildman–Crippen MR) is 97.3 cm³/mol. The van der Waals surface area contributed by atoms with Gasteiger partial charge in [0.2, 0.25) is 0 Å². The molecule has 0 spiro atoms. The summed E-state index contributed by atoms with van der Waals surface area (Å²) in [6, 6.07) is 19.5.